The predicted octanol–water partition coefficient (Wildman–Crippen LogP) is 2.04. The van der Waals surface area contributed by atoms with Crippen LogP contribution in [0.1, 0.15) is 12.0 Å². The number of alkyl halides is 3. The number of hydrogen-bond acceptors (Lipinski definition) is 3. The van der Waals surface area contributed by atoms with Crippen LogP contribution >= 0.6 is 7.60 Å². The molecule has 0 radical (unpaired) electrons. The van der Waals surface area contributed by atoms with Gasteiger partial charge in [0.05, 0.1) is 0 Å². The molecule has 0 aliphatic carbocycles. The SMILES string of the molecule is O=C(O)C(CCc1ccccc1)[N+]([O-])(CP(=O)(O)O)C(F)(F)F. The van der Waals surface area contributed by atoms with Gasteiger partial charge in [-0.25, -0.2) is 9.44 Å². The quantitative estimate of drug-likeness (QED) is 0.297. The smallest absolute Gasteiger partial charge is 0.562 e. The number of hydroxylamine groups is 3. The Morgan fingerprint density at radius 2 is 1.78 bits per heavy atom. The molecule has 2 unspecified atom stereocenters. The van der Waals surface area contributed by atoms with E-state index in [2.05, 4.69) is 0 Å². The van der Waals surface area contributed by atoms with Crippen molar-refractivity contribution in [3.05, 3.63) is 41.1 Å². The van der Waals surface area contributed by atoms with E-state index in [9.17, 15) is 27.7 Å². The van der Waals surface area contributed by atoms with Gasteiger partial charge in [-0.2, -0.15) is 0 Å². The highest BCUT2D eigenvalue weighted by atomic mass is 31.2. The molecule has 1 aromatic carbocycles. The summed E-state index contributed by atoms with van der Waals surface area (Å²) in [5.41, 5.74) is 0.503. The van der Waals surface area contributed by atoms with Gasteiger partial charge in [0.15, 0.2) is 12.3 Å². The zero-order valence-corrected chi connectivity index (χ0v) is 12.6. The summed E-state index contributed by atoms with van der Waals surface area (Å²) in [5.74, 6) is -2.07. The van der Waals surface area contributed by atoms with Crippen molar-refractivity contribution < 1.29 is 42.1 Å². The average Bonchev–Trinajstić information content (AvgIpc) is 2.36. The number of hydrogen-bond donors (Lipinski definition) is 3. The summed E-state index contributed by atoms with van der Waals surface area (Å²) in [5, 5.41) is 21.0. The van der Waals surface area contributed by atoms with Gasteiger partial charge >= 0.3 is 19.9 Å². The van der Waals surface area contributed by atoms with Crippen LogP contribution in [0.2, 0.25) is 0 Å². The van der Waals surface area contributed by atoms with Gasteiger partial charge < -0.3 is 20.1 Å². The van der Waals surface area contributed by atoms with E-state index >= 15 is 0 Å². The number of aliphatic carboxylic acids is 1. The van der Waals surface area contributed by atoms with Crippen molar-refractivity contribution in [2.75, 3.05) is 6.29 Å². The average molecular weight is 357 g/mol. The van der Waals surface area contributed by atoms with Crippen molar-refractivity contribution in [1.82, 2.24) is 0 Å². The number of carboxylic acids is 1. The topological polar surface area (TPSA) is 118 Å². The molecule has 0 spiro atoms. The molecule has 1 rings (SSSR count). The minimum atomic E-state index is -5.68. The van der Waals surface area contributed by atoms with Crippen LogP contribution in [0.4, 0.5) is 13.2 Å². The molecule has 3 N–H and O–H groups in total. The third-order valence-electron chi connectivity index (χ3n) is 3.16. The van der Waals surface area contributed by atoms with Gasteiger partial charge in [-0.05, 0) is 12.0 Å². The van der Waals surface area contributed by atoms with Gasteiger partial charge in [-0.15, -0.1) is 13.2 Å². The van der Waals surface area contributed by atoms with Crippen molar-refractivity contribution >= 4 is 13.6 Å². The van der Waals surface area contributed by atoms with Crippen molar-refractivity contribution in [3.63, 3.8) is 0 Å². The largest absolute Gasteiger partial charge is 0.625 e. The Morgan fingerprint density at radius 3 is 2.17 bits per heavy atom. The normalized spacial score (nSPS) is 16.6. The first-order valence-corrected chi connectivity index (χ1v) is 8.13. The number of rotatable bonds is 7. The Labute approximate surface area is 129 Å². The molecule has 0 heterocycles. The van der Waals surface area contributed by atoms with Gasteiger partial charge in [-0.1, -0.05) is 30.3 Å². The standard InChI is InChI=1S/C12H15F3NO6P/c13-12(14,15)16(19,8-23(20,21)22)10(11(17)18)7-6-9-4-2-1-3-5-9/h1-5,10H,6-8H2,(H,17,18)(H2,20,21,22). The predicted molar refractivity (Wildman–Crippen MR) is 72.8 cm³/mol. The maximum Gasteiger partial charge on any atom is 0.562 e. The number of aryl methyl sites for hydroxylation is 1. The summed E-state index contributed by atoms with van der Waals surface area (Å²) in [7, 11) is -5.40. The maximum absolute atomic E-state index is 13.0. The van der Waals surface area contributed by atoms with Crippen LogP contribution in [0, 0.1) is 5.21 Å². The minimum absolute atomic E-state index is 0.155. The molecule has 130 valence electrons. The third-order valence-corrected chi connectivity index (χ3v) is 3.95. The molecule has 0 aliphatic rings. The molecule has 0 aliphatic heterocycles. The highest BCUT2D eigenvalue weighted by molar-refractivity contribution is 7.51. The number of benzene rings is 1. The van der Waals surface area contributed by atoms with Crippen LogP contribution in [0.5, 0.6) is 0 Å². The van der Waals surface area contributed by atoms with Gasteiger partial charge in [-0.3, -0.25) is 4.57 Å². The number of nitrogens with zero attached hydrogens (tertiary/aromatic N) is 1. The maximum atomic E-state index is 13.0. The second-order valence-corrected chi connectivity index (χ2v) is 6.56. The van der Waals surface area contributed by atoms with E-state index in [1.54, 1.807) is 18.2 Å². The molecular weight excluding hydrogens is 342 g/mol. The number of quaternary nitrogens is 1. The number of carbonyl (C=O) groups is 1. The van der Waals surface area contributed by atoms with E-state index in [0.717, 1.165) is 0 Å². The summed E-state index contributed by atoms with van der Waals surface area (Å²) < 4.78 is 46.5. The van der Waals surface area contributed by atoms with Gasteiger partial charge in [0.25, 0.3) is 0 Å². The second kappa shape index (κ2) is 6.98. The molecule has 0 amide bonds. The molecular formula is C12H15F3NO6P. The van der Waals surface area contributed by atoms with Crippen LogP contribution in [-0.2, 0) is 15.8 Å². The van der Waals surface area contributed by atoms with Crippen molar-refractivity contribution in [2.24, 2.45) is 0 Å². The second-order valence-electron chi connectivity index (χ2n) is 4.95. The lowest BCUT2D eigenvalue weighted by Crippen LogP contribution is -2.62. The van der Waals surface area contributed by atoms with Crippen LogP contribution in [0.3, 0.4) is 0 Å². The monoisotopic (exact) mass is 357 g/mol. The lowest BCUT2D eigenvalue weighted by atomic mass is 10.0. The molecule has 0 saturated carbocycles. The highest BCUT2D eigenvalue weighted by Gasteiger charge is 2.58. The van der Waals surface area contributed by atoms with Crippen LogP contribution in [0.25, 0.3) is 0 Å². The Morgan fingerprint density at radius 1 is 1.26 bits per heavy atom. The van der Waals surface area contributed by atoms with E-state index in [1.807, 2.05) is 0 Å². The fourth-order valence-electron chi connectivity index (χ4n) is 2.09. The summed E-state index contributed by atoms with van der Waals surface area (Å²) in [6, 6.07) is 5.32. The van der Waals surface area contributed by atoms with E-state index in [4.69, 9.17) is 14.9 Å². The van der Waals surface area contributed by atoms with E-state index < -0.39 is 43.3 Å². The Bertz CT molecular complexity index is 590. The molecule has 1 aromatic rings. The van der Waals surface area contributed by atoms with Crippen molar-refractivity contribution in [2.45, 2.75) is 25.2 Å². The van der Waals surface area contributed by atoms with E-state index in [1.165, 1.54) is 12.1 Å². The first-order valence-electron chi connectivity index (χ1n) is 6.34. The molecule has 2 atom stereocenters. The van der Waals surface area contributed by atoms with Gasteiger partial charge in [0.2, 0.25) is 0 Å². The van der Waals surface area contributed by atoms with Gasteiger partial charge in [0.1, 0.15) is 0 Å². The Kier molecular flexibility index (Phi) is 5.95. The molecule has 23 heavy (non-hydrogen) atoms. The van der Waals surface area contributed by atoms with Crippen LogP contribution in [-0.4, -0.2) is 44.1 Å². The van der Waals surface area contributed by atoms with Crippen LogP contribution < -0.4 is 0 Å². The molecule has 7 nitrogen and oxygen atoms in total. The summed E-state index contributed by atoms with van der Waals surface area (Å²) in [6.07, 6.45) is -8.73. The highest BCUT2D eigenvalue weighted by Crippen LogP contribution is 2.45. The first-order chi connectivity index (χ1) is 10.4. The first kappa shape index (κ1) is 19.6. The molecule has 11 heteroatoms. The number of carboxylic acid groups (broad SMARTS) is 1. The lowest BCUT2D eigenvalue weighted by Gasteiger charge is -2.46. The van der Waals surface area contributed by atoms with Crippen molar-refractivity contribution in [1.29, 1.82) is 0 Å². The number of halogens is 3. The van der Waals surface area contributed by atoms with Gasteiger partial charge in [0, 0.05) is 6.42 Å². The van der Waals surface area contributed by atoms with E-state index in [-0.39, 0.29) is 6.42 Å². The van der Waals surface area contributed by atoms with E-state index in [0.29, 0.717) is 5.56 Å². The zero-order chi connectivity index (χ0) is 17.9. The molecule has 0 saturated heterocycles. The summed E-state index contributed by atoms with van der Waals surface area (Å²) >= 11 is 0. The molecule has 0 bridgehead atoms. The van der Waals surface area contributed by atoms with Crippen molar-refractivity contribution in [3.8, 4) is 0 Å². The Hall–Kier alpha value is -1.45. The molecule has 0 fully saturated rings. The fourth-order valence-corrected chi connectivity index (χ4v) is 2.99. The lowest BCUT2D eigenvalue weighted by molar-refractivity contribution is -0.993. The molecule has 0 aromatic heterocycles. The fraction of sp³-hybridized carbons (Fsp3) is 0.417. The summed E-state index contributed by atoms with van der Waals surface area (Å²) in [4.78, 5) is 28.6. The minimum Gasteiger partial charge on any atom is -0.625 e. The third kappa shape index (κ3) is 5.29. The Balaban J connectivity index is 3.11. The zero-order valence-electron chi connectivity index (χ0n) is 11.7. The van der Waals surface area contributed by atoms with Crippen LogP contribution in [0.15, 0.2) is 30.3 Å². The summed E-state index contributed by atoms with van der Waals surface area (Å²) in [6.45, 7) is 0.